The highest BCUT2D eigenvalue weighted by molar-refractivity contribution is 8.15. The number of amides is 1. The van der Waals surface area contributed by atoms with Crippen molar-refractivity contribution in [3.8, 4) is 5.75 Å². The molecular formula is C22H17F2N3O2S2. The van der Waals surface area contributed by atoms with Gasteiger partial charge in [-0.2, -0.15) is 13.9 Å². The number of carbonyl (C=O) groups is 1. The largest absolute Gasteiger partial charge is 0.507 e. The molecule has 31 heavy (non-hydrogen) atoms. The minimum atomic E-state index is -2.46. The Morgan fingerprint density at radius 3 is 2.68 bits per heavy atom. The second kappa shape index (κ2) is 9.49. The molecule has 1 heterocycles. The van der Waals surface area contributed by atoms with Crippen molar-refractivity contribution in [2.75, 3.05) is 0 Å². The van der Waals surface area contributed by atoms with Gasteiger partial charge in [-0.05, 0) is 41.0 Å². The monoisotopic (exact) mass is 457 g/mol. The molecule has 4 rings (SSSR count). The van der Waals surface area contributed by atoms with Gasteiger partial charge in [0.2, 0.25) is 5.91 Å². The molecule has 3 aromatic rings. The molecule has 0 aliphatic carbocycles. The number of amidine groups is 1. The topological polar surface area (TPSA) is 74.0 Å². The van der Waals surface area contributed by atoms with Crippen molar-refractivity contribution in [1.82, 2.24) is 5.32 Å². The first-order valence-electron chi connectivity index (χ1n) is 9.32. The Balaban J connectivity index is 1.43. The van der Waals surface area contributed by atoms with Gasteiger partial charge in [0, 0.05) is 10.5 Å². The van der Waals surface area contributed by atoms with Crippen LogP contribution in [0.25, 0.3) is 10.8 Å². The third-order valence-electron chi connectivity index (χ3n) is 4.63. The number of halogens is 2. The summed E-state index contributed by atoms with van der Waals surface area (Å²) in [6.45, 7) is 0. The van der Waals surface area contributed by atoms with Crippen molar-refractivity contribution in [2.45, 2.75) is 22.3 Å². The van der Waals surface area contributed by atoms with E-state index in [0.29, 0.717) is 33.8 Å². The summed E-state index contributed by atoms with van der Waals surface area (Å²) < 4.78 is 24.8. The number of thioether (sulfide) groups is 2. The Kier molecular flexibility index (Phi) is 6.53. The molecule has 0 saturated carbocycles. The van der Waals surface area contributed by atoms with Crippen LogP contribution in [0.2, 0.25) is 0 Å². The number of benzene rings is 3. The molecule has 1 unspecified atom stereocenters. The van der Waals surface area contributed by atoms with Gasteiger partial charge in [0.05, 0.1) is 11.5 Å². The molecule has 2 N–H and O–H groups in total. The van der Waals surface area contributed by atoms with Crippen molar-refractivity contribution in [2.24, 2.45) is 10.2 Å². The predicted octanol–water partition coefficient (Wildman–Crippen LogP) is 5.02. The number of alkyl halides is 2. The average Bonchev–Trinajstić information content (AvgIpc) is 3.10. The SMILES string of the molecule is O=C1N/C(=N\N=C\c2c(O)ccc3ccccc23)SC1Cc1ccc(SC(F)F)cc1. The molecule has 9 heteroatoms. The van der Waals surface area contributed by atoms with Crippen molar-refractivity contribution in [3.63, 3.8) is 0 Å². The van der Waals surface area contributed by atoms with Crippen molar-refractivity contribution in [1.29, 1.82) is 0 Å². The number of phenolic OH excluding ortho intramolecular Hbond substituents is 1. The van der Waals surface area contributed by atoms with Gasteiger partial charge in [-0.25, -0.2) is 0 Å². The van der Waals surface area contributed by atoms with Crippen LogP contribution in [0.15, 0.2) is 75.8 Å². The fourth-order valence-corrected chi connectivity index (χ4v) is 4.63. The second-order valence-electron chi connectivity index (χ2n) is 6.69. The maximum atomic E-state index is 12.4. The third-order valence-corrected chi connectivity index (χ3v) is 6.42. The van der Waals surface area contributed by atoms with Crippen molar-refractivity contribution >= 4 is 51.6 Å². The van der Waals surface area contributed by atoms with E-state index in [2.05, 4.69) is 15.5 Å². The molecule has 1 amide bonds. The van der Waals surface area contributed by atoms with Crippen LogP contribution in [0, 0.1) is 0 Å². The number of hydrogen-bond acceptors (Lipinski definition) is 6. The summed E-state index contributed by atoms with van der Waals surface area (Å²) in [5, 5.41) is 22.8. The van der Waals surface area contributed by atoms with Crippen molar-refractivity contribution in [3.05, 3.63) is 71.8 Å². The molecule has 0 spiro atoms. The van der Waals surface area contributed by atoms with E-state index in [1.54, 1.807) is 30.3 Å². The molecule has 3 aromatic carbocycles. The summed E-state index contributed by atoms with van der Waals surface area (Å²) in [4.78, 5) is 12.7. The number of fused-ring (bicyclic) bond motifs is 1. The Bertz CT molecular complexity index is 1170. The van der Waals surface area contributed by atoms with Crippen LogP contribution in [-0.2, 0) is 11.2 Å². The second-order valence-corrected chi connectivity index (χ2v) is 8.95. The lowest BCUT2D eigenvalue weighted by molar-refractivity contribution is -0.118. The summed E-state index contributed by atoms with van der Waals surface area (Å²) in [6, 6.07) is 17.8. The summed E-state index contributed by atoms with van der Waals surface area (Å²) >= 11 is 1.75. The molecule has 0 radical (unpaired) electrons. The lowest BCUT2D eigenvalue weighted by Gasteiger charge is -2.06. The quantitative estimate of drug-likeness (QED) is 0.310. The van der Waals surface area contributed by atoms with E-state index < -0.39 is 5.76 Å². The number of nitrogens with one attached hydrogen (secondary N) is 1. The van der Waals surface area contributed by atoms with E-state index in [4.69, 9.17) is 0 Å². The van der Waals surface area contributed by atoms with Gasteiger partial charge in [-0.1, -0.05) is 66.0 Å². The van der Waals surface area contributed by atoms with E-state index >= 15 is 0 Å². The molecule has 1 atom stereocenters. The first-order chi connectivity index (χ1) is 15.0. The van der Waals surface area contributed by atoms with Crippen LogP contribution in [0.1, 0.15) is 11.1 Å². The van der Waals surface area contributed by atoms with Gasteiger partial charge < -0.3 is 10.4 Å². The van der Waals surface area contributed by atoms with Crippen LogP contribution in [0.5, 0.6) is 5.75 Å². The number of hydrogen-bond donors (Lipinski definition) is 2. The lowest BCUT2D eigenvalue weighted by Crippen LogP contribution is -2.25. The van der Waals surface area contributed by atoms with E-state index in [9.17, 15) is 18.7 Å². The van der Waals surface area contributed by atoms with Crippen LogP contribution in [0.4, 0.5) is 8.78 Å². The van der Waals surface area contributed by atoms with Gasteiger partial charge >= 0.3 is 0 Å². The lowest BCUT2D eigenvalue weighted by atomic mass is 10.0. The Morgan fingerprint density at radius 2 is 1.90 bits per heavy atom. The summed E-state index contributed by atoms with van der Waals surface area (Å²) in [5.41, 5.74) is 1.42. The Morgan fingerprint density at radius 1 is 1.13 bits per heavy atom. The van der Waals surface area contributed by atoms with E-state index in [-0.39, 0.29) is 16.9 Å². The van der Waals surface area contributed by atoms with Crippen LogP contribution < -0.4 is 5.32 Å². The van der Waals surface area contributed by atoms with Crippen LogP contribution in [-0.4, -0.2) is 33.4 Å². The first-order valence-corrected chi connectivity index (χ1v) is 11.1. The fraction of sp³-hybridized carbons (Fsp3) is 0.136. The van der Waals surface area contributed by atoms with Crippen LogP contribution >= 0.6 is 23.5 Å². The minimum Gasteiger partial charge on any atom is -0.507 e. The standard InChI is InChI=1S/C22H17F2N3O2S2/c23-21(24)30-15-8-5-13(6-9-15)11-19-20(29)26-22(31-19)27-25-12-17-16-4-2-1-3-14(16)7-10-18(17)28/h1-10,12,19,21,28H,11H2,(H,26,27,29)/b25-12+. The third kappa shape index (κ3) is 5.23. The number of aromatic hydroxyl groups is 1. The molecule has 1 fully saturated rings. The number of rotatable bonds is 6. The Labute approximate surface area is 185 Å². The van der Waals surface area contributed by atoms with E-state index in [1.165, 1.54) is 18.0 Å². The molecule has 158 valence electrons. The summed E-state index contributed by atoms with van der Waals surface area (Å²) in [7, 11) is 0. The van der Waals surface area contributed by atoms with Gasteiger partial charge in [0.25, 0.3) is 5.76 Å². The predicted molar refractivity (Wildman–Crippen MR) is 122 cm³/mol. The average molecular weight is 458 g/mol. The van der Waals surface area contributed by atoms with Gasteiger partial charge in [0.15, 0.2) is 5.17 Å². The molecule has 5 nitrogen and oxygen atoms in total. The summed E-state index contributed by atoms with van der Waals surface area (Å²) in [5.74, 6) is -2.55. The molecule has 1 aliphatic heterocycles. The molecule has 0 aromatic heterocycles. The fourth-order valence-electron chi connectivity index (χ4n) is 3.17. The first kappa shape index (κ1) is 21.3. The number of carbonyl (C=O) groups excluding carboxylic acids is 1. The molecular weight excluding hydrogens is 440 g/mol. The van der Waals surface area contributed by atoms with Gasteiger partial charge in [-0.15, -0.1) is 5.10 Å². The Hall–Kier alpha value is -2.91. The zero-order valence-corrected chi connectivity index (χ0v) is 17.7. The highest BCUT2D eigenvalue weighted by atomic mass is 32.2. The molecule has 1 saturated heterocycles. The minimum absolute atomic E-state index is 0.0945. The highest BCUT2D eigenvalue weighted by Crippen LogP contribution is 2.28. The molecule has 1 aliphatic rings. The van der Waals surface area contributed by atoms with Crippen molar-refractivity contribution < 1.29 is 18.7 Å². The zero-order chi connectivity index (χ0) is 21.8. The smallest absolute Gasteiger partial charge is 0.288 e. The zero-order valence-electron chi connectivity index (χ0n) is 16.0. The van der Waals surface area contributed by atoms with Crippen LogP contribution in [0.3, 0.4) is 0 Å². The van der Waals surface area contributed by atoms with Gasteiger partial charge in [-0.3, -0.25) is 4.79 Å². The number of nitrogens with zero attached hydrogens (tertiary/aromatic N) is 2. The highest BCUT2D eigenvalue weighted by Gasteiger charge is 2.30. The number of phenols is 1. The molecule has 0 bridgehead atoms. The summed E-state index contributed by atoms with van der Waals surface area (Å²) in [6.07, 6.45) is 1.91. The normalized spacial score (nSPS) is 17.8. The maximum Gasteiger partial charge on any atom is 0.288 e. The van der Waals surface area contributed by atoms with Gasteiger partial charge in [0.1, 0.15) is 5.75 Å². The van der Waals surface area contributed by atoms with E-state index in [0.717, 1.165) is 16.3 Å². The van der Waals surface area contributed by atoms with E-state index in [1.807, 2.05) is 30.3 Å². The maximum absolute atomic E-state index is 12.4.